The Hall–Kier alpha value is 0.630. The van der Waals surface area contributed by atoms with Crippen LogP contribution < -0.4 is 0 Å². The Morgan fingerprint density at radius 2 is 2.15 bits per heavy atom. The molecule has 1 nitrogen and oxygen atoms in total. The first-order chi connectivity index (χ1) is 5.97. The largest absolute Gasteiger partial charge is 0.298 e. The molecule has 0 aromatic heterocycles. The maximum atomic E-state index is 12.0. The van der Waals surface area contributed by atoms with Crippen molar-refractivity contribution in [1.29, 1.82) is 0 Å². The molecule has 0 heterocycles. The lowest BCUT2D eigenvalue weighted by atomic mass is 9.70. The summed E-state index contributed by atoms with van der Waals surface area (Å²) in [4.78, 5) is 12.1. The lowest BCUT2D eigenvalue weighted by Gasteiger charge is -2.34. The Balaban J connectivity index is 2.49. The van der Waals surface area contributed by atoms with Crippen molar-refractivity contribution in [3.05, 3.63) is 0 Å². The van der Waals surface area contributed by atoms with E-state index in [2.05, 4.69) is 45.7 Å². The number of carbonyl (C=O) groups is 1. The summed E-state index contributed by atoms with van der Waals surface area (Å²) in [6, 6.07) is 0. The van der Waals surface area contributed by atoms with Crippen molar-refractivity contribution in [3.8, 4) is 0 Å². The van der Waals surface area contributed by atoms with Crippen LogP contribution in [0.2, 0.25) is 0 Å². The zero-order chi connectivity index (χ0) is 9.85. The van der Waals surface area contributed by atoms with Crippen molar-refractivity contribution >= 4 is 37.6 Å². The Morgan fingerprint density at radius 3 is 2.46 bits per heavy atom. The molecule has 0 radical (unpaired) electrons. The summed E-state index contributed by atoms with van der Waals surface area (Å²) in [5, 5.41) is 0.939. The number of hydrogen-bond donors (Lipinski definition) is 0. The molecular weight excluding hydrogens is 296 g/mol. The number of rotatable bonds is 1. The number of Topliss-reactive ketones (excluding diaryl/α,β-unsaturated/α-hetero) is 1. The highest BCUT2D eigenvalue weighted by Crippen LogP contribution is 2.65. The zero-order valence-corrected chi connectivity index (χ0v) is 11.1. The summed E-state index contributed by atoms with van der Waals surface area (Å²) in [5.74, 6) is 0.954. The average Bonchev–Trinajstić information content (AvgIpc) is 2.44. The van der Waals surface area contributed by atoms with Crippen molar-refractivity contribution in [2.24, 2.45) is 16.7 Å². The van der Waals surface area contributed by atoms with Gasteiger partial charge in [-0.05, 0) is 24.2 Å². The summed E-state index contributed by atoms with van der Waals surface area (Å²) in [6.45, 7) is 4.39. The van der Waals surface area contributed by atoms with Gasteiger partial charge in [0.2, 0.25) is 0 Å². The SMILES string of the molecule is CC1(CBr)[C@@H]2CC[C@@]1(C)C(=O)[C@H]2Br. The minimum Gasteiger partial charge on any atom is -0.298 e. The second-order valence-corrected chi connectivity index (χ2v) is 6.34. The fraction of sp³-hybridized carbons (Fsp3) is 0.900. The molecule has 2 aliphatic carbocycles. The molecule has 2 saturated carbocycles. The number of ketones is 1. The number of carbonyl (C=O) groups excluding carboxylic acids is 1. The smallest absolute Gasteiger partial charge is 0.153 e. The standard InChI is InChI=1S/C10H14Br2O/c1-9-4-3-6(7(12)8(9)13)10(9,2)5-11/h6-7H,3-5H2,1-2H3/t6-,7+,9+,10?/m1/s1. The summed E-state index contributed by atoms with van der Waals surface area (Å²) >= 11 is 7.11. The topological polar surface area (TPSA) is 17.1 Å². The van der Waals surface area contributed by atoms with E-state index in [1.54, 1.807) is 0 Å². The highest BCUT2D eigenvalue weighted by molar-refractivity contribution is 9.10. The van der Waals surface area contributed by atoms with Gasteiger partial charge >= 0.3 is 0 Å². The second-order valence-electron chi connectivity index (χ2n) is 4.79. The van der Waals surface area contributed by atoms with Gasteiger partial charge < -0.3 is 0 Å². The van der Waals surface area contributed by atoms with Crippen LogP contribution in [-0.2, 0) is 4.79 Å². The molecule has 0 aromatic carbocycles. The highest BCUT2D eigenvalue weighted by atomic mass is 79.9. The molecule has 4 atom stereocenters. The third-order valence-electron chi connectivity index (χ3n) is 4.46. The van der Waals surface area contributed by atoms with E-state index >= 15 is 0 Å². The fourth-order valence-corrected chi connectivity index (χ4v) is 5.45. The van der Waals surface area contributed by atoms with Gasteiger partial charge in [0.1, 0.15) is 0 Å². The van der Waals surface area contributed by atoms with E-state index in [1.165, 1.54) is 6.42 Å². The number of hydrogen-bond acceptors (Lipinski definition) is 1. The van der Waals surface area contributed by atoms with Gasteiger partial charge in [-0.1, -0.05) is 45.7 Å². The van der Waals surface area contributed by atoms with Crippen LogP contribution in [0.1, 0.15) is 26.7 Å². The predicted octanol–water partition coefficient (Wildman–Crippen LogP) is 3.15. The first-order valence-corrected chi connectivity index (χ1v) is 6.75. The van der Waals surface area contributed by atoms with E-state index in [-0.39, 0.29) is 15.7 Å². The molecule has 2 rings (SSSR count). The van der Waals surface area contributed by atoms with Crippen LogP contribution in [0.25, 0.3) is 0 Å². The fourth-order valence-electron chi connectivity index (χ4n) is 3.07. The van der Waals surface area contributed by atoms with Crippen molar-refractivity contribution in [3.63, 3.8) is 0 Å². The molecule has 2 aliphatic rings. The highest BCUT2D eigenvalue weighted by Gasteiger charge is 2.67. The normalized spacial score (nSPS) is 54.6. The molecule has 0 N–H and O–H groups in total. The van der Waals surface area contributed by atoms with Gasteiger partial charge in [0.15, 0.2) is 5.78 Å². The summed E-state index contributed by atoms with van der Waals surface area (Å²) in [6.07, 6.45) is 2.26. The molecule has 0 saturated heterocycles. The Bertz CT molecular complexity index is 266. The van der Waals surface area contributed by atoms with Crippen LogP contribution in [0.5, 0.6) is 0 Å². The third kappa shape index (κ3) is 0.956. The molecule has 0 spiro atoms. The summed E-state index contributed by atoms with van der Waals surface area (Å²) < 4.78 is 0. The van der Waals surface area contributed by atoms with Crippen LogP contribution in [-0.4, -0.2) is 15.9 Å². The van der Waals surface area contributed by atoms with E-state index in [9.17, 15) is 4.79 Å². The second kappa shape index (κ2) is 2.82. The molecule has 2 bridgehead atoms. The molecule has 2 fully saturated rings. The predicted molar refractivity (Wildman–Crippen MR) is 60.5 cm³/mol. The van der Waals surface area contributed by atoms with Gasteiger partial charge in [0.05, 0.1) is 4.83 Å². The lowest BCUT2D eigenvalue weighted by Crippen LogP contribution is -2.36. The van der Waals surface area contributed by atoms with Crippen LogP contribution in [0.4, 0.5) is 0 Å². The van der Waals surface area contributed by atoms with Crippen LogP contribution >= 0.6 is 31.9 Å². The number of halogens is 2. The lowest BCUT2D eigenvalue weighted by molar-refractivity contribution is -0.127. The number of alkyl halides is 2. The zero-order valence-electron chi connectivity index (χ0n) is 7.94. The Kier molecular flexibility index (Phi) is 2.20. The van der Waals surface area contributed by atoms with Gasteiger partial charge in [-0.25, -0.2) is 0 Å². The minimum atomic E-state index is -0.0880. The van der Waals surface area contributed by atoms with Crippen LogP contribution in [0.15, 0.2) is 0 Å². The summed E-state index contributed by atoms with van der Waals surface area (Å²) in [5.41, 5.74) is 0.0770. The first kappa shape index (κ1) is 10.2. The van der Waals surface area contributed by atoms with Gasteiger partial charge in [0.25, 0.3) is 0 Å². The first-order valence-electron chi connectivity index (χ1n) is 4.72. The molecule has 13 heavy (non-hydrogen) atoms. The Labute approximate surface area is 95.9 Å². The van der Waals surface area contributed by atoms with E-state index in [4.69, 9.17) is 0 Å². The monoisotopic (exact) mass is 308 g/mol. The van der Waals surface area contributed by atoms with Crippen molar-refractivity contribution < 1.29 is 4.79 Å². The van der Waals surface area contributed by atoms with E-state index < -0.39 is 0 Å². The molecule has 0 aromatic rings. The molecule has 1 unspecified atom stereocenters. The minimum absolute atomic E-state index is 0.0880. The van der Waals surface area contributed by atoms with Crippen molar-refractivity contribution in [2.45, 2.75) is 31.5 Å². The molecule has 74 valence electrons. The van der Waals surface area contributed by atoms with E-state index in [0.29, 0.717) is 11.7 Å². The molecular formula is C10H14Br2O. The van der Waals surface area contributed by atoms with Gasteiger partial charge in [0, 0.05) is 10.7 Å². The molecule has 0 aliphatic heterocycles. The maximum absolute atomic E-state index is 12.0. The van der Waals surface area contributed by atoms with E-state index in [1.807, 2.05) is 0 Å². The van der Waals surface area contributed by atoms with Gasteiger partial charge in [-0.3, -0.25) is 4.79 Å². The van der Waals surface area contributed by atoms with Crippen LogP contribution in [0.3, 0.4) is 0 Å². The quantitative estimate of drug-likeness (QED) is 0.680. The molecule has 0 amide bonds. The van der Waals surface area contributed by atoms with Crippen molar-refractivity contribution in [1.82, 2.24) is 0 Å². The third-order valence-corrected chi connectivity index (χ3v) is 6.68. The van der Waals surface area contributed by atoms with Gasteiger partial charge in [-0.15, -0.1) is 0 Å². The molecule has 3 heteroatoms. The van der Waals surface area contributed by atoms with Gasteiger partial charge in [-0.2, -0.15) is 0 Å². The Morgan fingerprint density at radius 1 is 1.54 bits per heavy atom. The summed E-state index contributed by atoms with van der Waals surface area (Å²) in [7, 11) is 0. The van der Waals surface area contributed by atoms with E-state index in [0.717, 1.165) is 11.8 Å². The number of fused-ring (bicyclic) bond motifs is 2. The van der Waals surface area contributed by atoms with Crippen LogP contribution in [0, 0.1) is 16.7 Å². The van der Waals surface area contributed by atoms with Crippen molar-refractivity contribution in [2.75, 3.05) is 5.33 Å². The average molecular weight is 310 g/mol. The maximum Gasteiger partial charge on any atom is 0.153 e.